The summed E-state index contributed by atoms with van der Waals surface area (Å²) in [4.78, 5) is 24.5. The van der Waals surface area contributed by atoms with Crippen LogP contribution in [0, 0.1) is 0 Å². The van der Waals surface area contributed by atoms with Crippen molar-refractivity contribution in [2.24, 2.45) is 0 Å². The second-order valence-corrected chi connectivity index (χ2v) is 7.48. The van der Waals surface area contributed by atoms with E-state index in [1.807, 2.05) is 0 Å². The van der Waals surface area contributed by atoms with Gasteiger partial charge < -0.3 is 5.32 Å². The Balaban J connectivity index is 1.92. The Morgan fingerprint density at radius 3 is 2.50 bits per heavy atom. The predicted octanol–water partition coefficient (Wildman–Crippen LogP) is 2.31. The minimum Gasteiger partial charge on any atom is -0.328 e. The van der Waals surface area contributed by atoms with Crippen LogP contribution in [0.4, 0.5) is 16.2 Å². The van der Waals surface area contributed by atoms with Crippen molar-refractivity contribution in [1.82, 2.24) is 5.32 Å². The minimum absolute atomic E-state index is 0.0776. The lowest BCUT2D eigenvalue weighted by atomic mass is 10.2. The number of imide groups is 1. The molecule has 0 saturated carbocycles. The molecule has 1 aliphatic heterocycles. The molecule has 0 atom stereocenters. The second-order valence-electron chi connectivity index (χ2n) is 4.97. The van der Waals surface area contributed by atoms with Gasteiger partial charge in [0.2, 0.25) is 0 Å². The van der Waals surface area contributed by atoms with Crippen LogP contribution in [0.2, 0.25) is 0 Å². The molecule has 1 heterocycles. The number of benzene rings is 2. The van der Waals surface area contributed by atoms with Crippen molar-refractivity contribution in [3.8, 4) is 0 Å². The molecule has 1 fully saturated rings. The average Bonchev–Trinajstić information content (AvgIpc) is 2.86. The number of rotatable bonds is 4. The fraction of sp³-hybridized carbons (Fsp3) is 0.0667. The van der Waals surface area contributed by atoms with E-state index in [-0.39, 0.29) is 17.1 Å². The van der Waals surface area contributed by atoms with E-state index >= 15 is 0 Å². The predicted molar refractivity (Wildman–Crippen MR) is 92.3 cm³/mol. The fourth-order valence-electron chi connectivity index (χ4n) is 2.27. The van der Waals surface area contributed by atoms with E-state index < -0.39 is 22.0 Å². The number of anilines is 2. The first kappa shape index (κ1) is 16.5. The number of carbonyl (C=O) groups excluding carboxylic acids is 2. The summed E-state index contributed by atoms with van der Waals surface area (Å²) in [7, 11) is -3.81. The third kappa shape index (κ3) is 3.13. The second kappa shape index (κ2) is 6.25. The smallest absolute Gasteiger partial charge is 0.328 e. The molecule has 3 rings (SSSR count). The first-order valence-corrected chi connectivity index (χ1v) is 9.14. The molecule has 9 heteroatoms. The zero-order chi connectivity index (χ0) is 17.3. The summed E-state index contributed by atoms with van der Waals surface area (Å²) in [6.07, 6.45) is 0. The molecule has 0 bridgehead atoms. The van der Waals surface area contributed by atoms with E-state index in [9.17, 15) is 18.0 Å². The lowest BCUT2D eigenvalue weighted by Gasteiger charge is -2.15. The normalized spacial score (nSPS) is 14.6. The van der Waals surface area contributed by atoms with Crippen LogP contribution in [0.3, 0.4) is 0 Å². The number of carbonyl (C=O) groups is 2. The van der Waals surface area contributed by atoms with Crippen LogP contribution in [0.5, 0.6) is 0 Å². The van der Waals surface area contributed by atoms with Crippen molar-refractivity contribution >= 4 is 49.3 Å². The number of hydrogen-bond acceptors (Lipinski definition) is 4. The Labute approximate surface area is 146 Å². The molecule has 124 valence electrons. The summed E-state index contributed by atoms with van der Waals surface area (Å²) < 4.78 is 27.8. The van der Waals surface area contributed by atoms with Gasteiger partial charge in [-0.1, -0.05) is 18.2 Å². The Kier molecular flexibility index (Phi) is 4.29. The van der Waals surface area contributed by atoms with Gasteiger partial charge in [0.05, 0.1) is 17.9 Å². The molecule has 0 spiro atoms. The van der Waals surface area contributed by atoms with Gasteiger partial charge in [-0.2, -0.15) is 0 Å². The Morgan fingerprint density at radius 2 is 1.83 bits per heavy atom. The van der Waals surface area contributed by atoms with Gasteiger partial charge in [-0.25, -0.2) is 18.1 Å². The molecule has 24 heavy (non-hydrogen) atoms. The molecule has 3 amide bonds. The van der Waals surface area contributed by atoms with E-state index in [1.54, 1.807) is 30.3 Å². The number of nitrogens with zero attached hydrogens (tertiary/aromatic N) is 1. The zero-order valence-electron chi connectivity index (χ0n) is 12.2. The molecule has 0 radical (unpaired) electrons. The van der Waals surface area contributed by atoms with Gasteiger partial charge >= 0.3 is 6.03 Å². The van der Waals surface area contributed by atoms with E-state index in [1.165, 1.54) is 18.2 Å². The lowest BCUT2D eigenvalue weighted by Crippen LogP contribution is -2.30. The number of halogens is 1. The number of sulfonamides is 1. The molecule has 2 N–H and O–H groups in total. The van der Waals surface area contributed by atoms with Crippen LogP contribution in [0.1, 0.15) is 0 Å². The Hall–Kier alpha value is -2.39. The van der Waals surface area contributed by atoms with Gasteiger partial charge in [-0.3, -0.25) is 9.52 Å². The lowest BCUT2D eigenvalue weighted by molar-refractivity contribution is -0.115. The van der Waals surface area contributed by atoms with E-state index in [2.05, 4.69) is 26.0 Å². The molecule has 2 aromatic rings. The third-order valence-electron chi connectivity index (χ3n) is 3.33. The summed E-state index contributed by atoms with van der Waals surface area (Å²) in [5.41, 5.74) is 0.540. The highest BCUT2D eigenvalue weighted by Crippen LogP contribution is 2.26. The Morgan fingerprint density at radius 1 is 1.08 bits per heavy atom. The monoisotopic (exact) mass is 409 g/mol. The van der Waals surface area contributed by atoms with E-state index in [0.29, 0.717) is 10.2 Å². The standard InChI is InChI=1S/C15H12BrN3O4S/c16-12-6-1-2-7-13(12)24(22,23)18-10-4-3-5-11(8-10)19-14(20)9-17-15(19)21/h1-8,18H,9H2,(H,17,21). The van der Waals surface area contributed by atoms with Crippen LogP contribution in [-0.4, -0.2) is 26.9 Å². The summed E-state index contributed by atoms with van der Waals surface area (Å²) in [6, 6.07) is 12.0. The fourth-order valence-corrected chi connectivity index (χ4v) is 4.32. The maximum atomic E-state index is 12.5. The molecule has 1 aliphatic rings. The first-order valence-electron chi connectivity index (χ1n) is 6.87. The van der Waals surface area contributed by atoms with Gasteiger partial charge in [0.1, 0.15) is 4.90 Å². The highest BCUT2D eigenvalue weighted by Gasteiger charge is 2.30. The van der Waals surface area contributed by atoms with Gasteiger partial charge in [0.25, 0.3) is 15.9 Å². The van der Waals surface area contributed by atoms with E-state index in [0.717, 1.165) is 4.90 Å². The van der Waals surface area contributed by atoms with Crippen LogP contribution in [-0.2, 0) is 14.8 Å². The van der Waals surface area contributed by atoms with Gasteiger partial charge in [0, 0.05) is 4.47 Å². The van der Waals surface area contributed by atoms with Crippen molar-refractivity contribution in [1.29, 1.82) is 0 Å². The highest BCUT2D eigenvalue weighted by atomic mass is 79.9. The van der Waals surface area contributed by atoms with Crippen molar-refractivity contribution in [2.75, 3.05) is 16.2 Å². The third-order valence-corrected chi connectivity index (χ3v) is 5.72. The van der Waals surface area contributed by atoms with Gasteiger partial charge in [-0.05, 0) is 46.3 Å². The molecule has 0 aliphatic carbocycles. The van der Waals surface area contributed by atoms with Gasteiger partial charge in [-0.15, -0.1) is 0 Å². The van der Waals surface area contributed by atoms with Crippen molar-refractivity contribution in [2.45, 2.75) is 4.90 Å². The van der Waals surface area contributed by atoms with Crippen LogP contribution in [0.25, 0.3) is 0 Å². The summed E-state index contributed by atoms with van der Waals surface area (Å²) in [6.45, 7) is -0.0776. The average molecular weight is 410 g/mol. The molecule has 7 nitrogen and oxygen atoms in total. The highest BCUT2D eigenvalue weighted by molar-refractivity contribution is 9.10. The van der Waals surface area contributed by atoms with E-state index in [4.69, 9.17) is 0 Å². The number of urea groups is 1. The van der Waals surface area contributed by atoms with Crippen molar-refractivity contribution in [3.05, 3.63) is 53.0 Å². The van der Waals surface area contributed by atoms with Crippen LogP contribution in [0.15, 0.2) is 57.9 Å². The van der Waals surface area contributed by atoms with Gasteiger partial charge in [0.15, 0.2) is 0 Å². The molecular weight excluding hydrogens is 398 g/mol. The molecular formula is C15H12BrN3O4S. The largest absolute Gasteiger partial charge is 0.329 e. The summed E-state index contributed by atoms with van der Waals surface area (Å²) >= 11 is 3.20. The summed E-state index contributed by atoms with van der Waals surface area (Å²) in [5, 5.41) is 2.41. The zero-order valence-corrected chi connectivity index (χ0v) is 14.6. The van der Waals surface area contributed by atoms with Crippen molar-refractivity contribution in [3.63, 3.8) is 0 Å². The number of amides is 3. The van der Waals surface area contributed by atoms with Crippen LogP contribution >= 0.6 is 15.9 Å². The van der Waals surface area contributed by atoms with Crippen LogP contribution < -0.4 is 14.9 Å². The van der Waals surface area contributed by atoms with Crippen molar-refractivity contribution < 1.29 is 18.0 Å². The molecule has 1 saturated heterocycles. The maximum Gasteiger partial charge on any atom is 0.329 e. The number of nitrogens with one attached hydrogen (secondary N) is 2. The first-order chi connectivity index (χ1) is 11.4. The quantitative estimate of drug-likeness (QED) is 0.757. The molecule has 2 aromatic carbocycles. The summed E-state index contributed by atoms with van der Waals surface area (Å²) in [5.74, 6) is -0.397. The number of hydrogen-bond donors (Lipinski definition) is 2. The Bertz CT molecular complexity index is 914. The topological polar surface area (TPSA) is 95.6 Å². The SMILES string of the molecule is O=C1CNC(=O)N1c1cccc(NS(=O)(=O)c2ccccc2Br)c1. The molecule has 0 aromatic heterocycles. The minimum atomic E-state index is -3.81. The maximum absolute atomic E-state index is 12.5. The molecule has 0 unspecified atom stereocenters.